The van der Waals surface area contributed by atoms with E-state index in [0.29, 0.717) is 29.0 Å². The zero-order chi connectivity index (χ0) is 15.7. The van der Waals surface area contributed by atoms with E-state index in [0.717, 1.165) is 11.5 Å². The first-order valence-electron chi connectivity index (χ1n) is 7.00. The van der Waals surface area contributed by atoms with E-state index in [9.17, 15) is 4.79 Å². The fraction of sp³-hybridized carbons (Fsp3) is 0.250. The van der Waals surface area contributed by atoms with Crippen molar-refractivity contribution in [1.82, 2.24) is 19.4 Å². The van der Waals surface area contributed by atoms with Crippen LogP contribution in [0.15, 0.2) is 41.5 Å². The Labute approximate surface area is 133 Å². The van der Waals surface area contributed by atoms with Gasteiger partial charge in [-0.1, -0.05) is 17.7 Å². The fourth-order valence-electron chi connectivity index (χ4n) is 2.51. The highest BCUT2D eigenvalue weighted by molar-refractivity contribution is 6.35. The predicted octanol–water partition coefficient (Wildman–Crippen LogP) is 2.55. The number of pyridine rings is 1. The molecule has 0 aliphatic rings. The van der Waals surface area contributed by atoms with Crippen LogP contribution in [0.3, 0.4) is 0 Å². The summed E-state index contributed by atoms with van der Waals surface area (Å²) in [5, 5.41) is 1.17. The van der Waals surface area contributed by atoms with Crippen molar-refractivity contribution in [2.45, 2.75) is 13.1 Å². The van der Waals surface area contributed by atoms with E-state index < -0.39 is 0 Å². The number of imidazole rings is 1. The van der Waals surface area contributed by atoms with Gasteiger partial charge < -0.3 is 9.55 Å². The van der Waals surface area contributed by atoms with E-state index in [1.165, 1.54) is 0 Å². The number of aromatic nitrogens is 3. The highest BCUT2D eigenvalue weighted by Crippen LogP contribution is 2.19. The number of aromatic amines is 1. The molecule has 114 valence electrons. The van der Waals surface area contributed by atoms with Crippen LogP contribution in [-0.4, -0.2) is 26.5 Å². The monoisotopic (exact) mass is 316 g/mol. The molecular formula is C16H17ClN4O. The van der Waals surface area contributed by atoms with Gasteiger partial charge in [0, 0.05) is 43.1 Å². The smallest absolute Gasteiger partial charge is 0.189 e. The number of nitrogens with zero attached hydrogens (tertiary/aromatic N) is 3. The van der Waals surface area contributed by atoms with Crippen molar-refractivity contribution in [3.63, 3.8) is 0 Å². The average molecular weight is 317 g/mol. The Morgan fingerprint density at radius 2 is 2.18 bits per heavy atom. The van der Waals surface area contributed by atoms with Gasteiger partial charge in [0.05, 0.1) is 17.1 Å². The summed E-state index contributed by atoms with van der Waals surface area (Å²) < 4.78 is 1.98. The molecule has 3 aromatic rings. The lowest BCUT2D eigenvalue weighted by molar-refractivity contribution is 0.303. The molecule has 1 aromatic carbocycles. The minimum Gasteiger partial charge on any atom is -0.356 e. The van der Waals surface area contributed by atoms with E-state index >= 15 is 0 Å². The normalized spacial score (nSPS) is 11.5. The number of fused-ring (bicyclic) bond motifs is 1. The van der Waals surface area contributed by atoms with Crippen LogP contribution >= 0.6 is 11.6 Å². The molecule has 3 rings (SSSR count). The molecule has 0 amide bonds. The Morgan fingerprint density at radius 1 is 1.36 bits per heavy atom. The fourth-order valence-corrected chi connectivity index (χ4v) is 2.73. The van der Waals surface area contributed by atoms with Gasteiger partial charge in [0.25, 0.3) is 0 Å². The molecule has 6 heteroatoms. The van der Waals surface area contributed by atoms with Crippen LogP contribution in [0.1, 0.15) is 11.5 Å². The molecule has 2 aromatic heterocycles. The first-order chi connectivity index (χ1) is 10.5. The van der Waals surface area contributed by atoms with Gasteiger partial charge in [0.2, 0.25) is 0 Å². The van der Waals surface area contributed by atoms with Gasteiger partial charge >= 0.3 is 0 Å². The summed E-state index contributed by atoms with van der Waals surface area (Å²) in [5.41, 5.74) is 1.51. The molecule has 0 radical (unpaired) electrons. The quantitative estimate of drug-likeness (QED) is 0.805. The number of halogens is 1. The molecule has 0 spiro atoms. The predicted molar refractivity (Wildman–Crippen MR) is 88.0 cm³/mol. The van der Waals surface area contributed by atoms with Crippen molar-refractivity contribution in [2.75, 3.05) is 7.05 Å². The molecule has 0 bridgehead atoms. The van der Waals surface area contributed by atoms with Crippen LogP contribution in [0.4, 0.5) is 0 Å². The largest absolute Gasteiger partial charge is 0.356 e. The molecule has 0 fully saturated rings. The maximum atomic E-state index is 12.2. The van der Waals surface area contributed by atoms with Gasteiger partial charge in [0.1, 0.15) is 5.82 Å². The second-order valence-corrected chi connectivity index (χ2v) is 5.86. The molecule has 0 unspecified atom stereocenters. The lowest BCUT2D eigenvalue weighted by Crippen LogP contribution is -2.21. The average Bonchev–Trinajstić information content (AvgIpc) is 2.85. The topological polar surface area (TPSA) is 53.9 Å². The summed E-state index contributed by atoms with van der Waals surface area (Å²) >= 11 is 6.18. The zero-order valence-electron chi connectivity index (χ0n) is 12.5. The molecule has 0 saturated heterocycles. The minimum atomic E-state index is -0.0170. The Kier molecular flexibility index (Phi) is 4.00. The Balaban J connectivity index is 1.86. The van der Waals surface area contributed by atoms with Crippen LogP contribution in [0.2, 0.25) is 5.02 Å². The standard InChI is InChI=1S/C16H17ClN4O/c1-20(10-15-18-6-7-21(15)2)9-11-8-14(22)12-4-3-5-13(17)16(12)19-11/h3-8H,9-10H2,1-2H3,(H,19,22). The number of para-hydroxylation sites is 1. The number of nitrogens with one attached hydrogen (secondary N) is 1. The van der Waals surface area contributed by atoms with E-state index in [2.05, 4.69) is 14.9 Å². The third kappa shape index (κ3) is 2.91. The number of hydrogen-bond acceptors (Lipinski definition) is 3. The molecule has 5 nitrogen and oxygen atoms in total. The first-order valence-corrected chi connectivity index (χ1v) is 7.37. The van der Waals surface area contributed by atoms with Crippen LogP contribution in [0.25, 0.3) is 10.9 Å². The van der Waals surface area contributed by atoms with Crippen LogP contribution in [0, 0.1) is 0 Å². The molecule has 0 aliphatic heterocycles. The molecule has 0 aliphatic carbocycles. The second-order valence-electron chi connectivity index (χ2n) is 5.45. The van der Waals surface area contributed by atoms with Crippen molar-refractivity contribution in [1.29, 1.82) is 0 Å². The lowest BCUT2D eigenvalue weighted by Gasteiger charge is -2.16. The van der Waals surface area contributed by atoms with Crippen molar-refractivity contribution in [3.05, 3.63) is 63.4 Å². The second kappa shape index (κ2) is 5.94. The number of benzene rings is 1. The van der Waals surface area contributed by atoms with Crippen molar-refractivity contribution >= 4 is 22.5 Å². The summed E-state index contributed by atoms with van der Waals surface area (Å²) in [6, 6.07) is 6.98. The third-order valence-corrected chi connectivity index (χ3v) is 3.96. The summed E-state index contributed by atoms with van der Waals surface area (Å²) in [5.74, 6) is 0.976. The SMILES string of the molecule is CN(Cc1cc(=O)c2cccc(Cl)c2[nH]1)Cc1nccn1C. The van der Waals surface area contributed by atoms with Gasteiger partial charge in [-0.15, -0.1) is 0 Å². The molecule has 0 atom stereocenters. The van der Waals surface area contributed by atoms with Crippen molar-refractivity contribution < 1.29 is 0 Å². The van der Waals surface area contributed by atoms with E-state index in [-0.39, 0.29) is 5.43 Å². The maximum Gasteiger partial charge on any atom is 0.189 e. The number of hydrogen-bond donors (Lipinski definition) is 1. The van der Waals surface area contributed by atoms with Crippen LogP contribution < -0.4 is 5.43 Å². The third-order valence-electron chi connectivity index (χ3n) is 3.64. The number of aryl methyl sites for hydroxylation is 1. The Morgan fingerprint density at radius 3 is 2.91 bits per heavy atom. The zero-order valence-corrected chi connectivity index (χ0v) is 13.3. The first kappa shape index (κ1) is 14.8. The van der Waals surface area contributed by atoms with Gasteiger partial charge in [-0.05, 0) is 19.2 Å². The van der Waals surface area contributed by atoms with Gasteiger partial charge in [-0.25, -0.2) is 4.98 Å². The van der Waals surface area contributed by atoms with E-state index in [1.54, 1.807) is 30.5 Å². The summed E-state index contributed by atoms with van der Waals surface area (Å²) in [6.07, 6.45) is 3.70. The molecule has 0 saturated carbocycles. The Hall–Kier alpha value is -2.11. The van der Waals surface area contributed by atoms with E-state index in [1.807, 2.05) is 24.9 Å². The lowest BCUT2D eigenvalue weighted by atomic mass is 10.2. The summed E-state index contributed by atoms with van der Waals surface area (Å²) in [4.78, 5) is 21.9. The minimum absolute atomic E-state index is 0.0170. The summed E-state index contributed by atoms with van der Waals surface area (Å²) in [6.45, 7) is 1.31. The Bertz CT molecular complexity index is 868. The van der Waals surface area contributed by atoms with Gasteiger partial charge in [-0.2, -0.15) is 0 Å². The van der Waals surface area contributed by atoms with Gasteiger partial charge in [0.15, 0.2) is 5.43 Å². The van der Waals surface area contributed by atoms with Crippen LogP contribution in [-0.2, 0) is 20.1 Å². The van der Waals surface area contributed by atoms with Crippen molar-refractivity contribution in [2.24, 2.45) is 7.05 Å². The maximum absolute atomic E-state index is 12.2. The van der Waals surface area contributed by atoms with Crippen molar-refractivity contribution in [3.8, 4) is 0 Å². The molecule has 22 heavy (non-hydrogen) atoms. The summed E-state index contributed by atoms with van der Waals surface area (Å²) in [7, 11) is 3.96. The van der Waals surface area contributed by atoms with E-state index in [4.69, 9.17) is 11.6 Å². The highest BCUT2D eigenvalue weighted by Gasteiger charge is 2.09. The number of rotatable bonds is 4. The molecular weight excluding hydrogens is 300 g/mol. The molecule has 2 heterocycles. The molecule has 1 N–H and O–H groups in total. The highest BCUT2D eigenvalue weighted by atomic mass is 35.5. The van der Waals surface area contributed by atoms with Gasteiger partial charge in [-0.3, -0.25) is 9.69 Å². The van der Waals surface area contributed by atoms with Crippen LogP contribution in [0.5, 0.6) is 0 Å². The number of H-pyrrole nitrogens is 1.